The first-order chi connectivity index (χ1) is 28.5. The van der Waals surface area contributed by atoms with Gasteiger partial charge in [-0.05, 0) is 37.9 Å². The zero-order valence-electron chi connectivity index (χ0n) is 36.5. The van der Waals surface area contributed by atoms with Crippen LogP contribution in [0.1, 0.15) is 120 Å². The number of esters is 2. The number of methoxy groups -OCH3 is 4. The molecule has 7 bridgehead atoms. The van der Waals surface area contributed by atoms with Crippen LogP contribution in [0.5, 0.6) is 0 Å². The summed E-state index contributed by atoms with van der Waals surface area (Å²) in [6.45, 7) is 2.97. The minimum absolute atomic E-state index is 0.0845. The van der Waals surface area contributed by atoms with E-state index in [2.05, 4.69) is 11.8 Å². The lowest BCUT2D eigenvalue weighted by molar-refractivity contribution is -0.321. The first-order valence-corrected chi connectivity index (χ1v) is 22.8. The van der Waals surface area contributed by atoms with Crippen molar-refractivity contribution in [2.24, 2.45) is 34.5 Å². The molecular formula is C47H73NO11. The molecule has 6 fully saturated rings. The summed E-state index contributed by atoms with van der Waals surface area (Å²) >= 11 is 0. The average molecular weight is 828 g/mol. The van der Waals surface area contributed by atoms with E-state index in [1.807, 2.05) is 13.1 Å². The molecule has 6 aliphatic rings. The summed E-state index contributed by atoms with van der Waals surface area (Å²) in [7, 11) is 8.39. The number of carbonyl (C=O) groups excluding carboxylic acids is 2. The van der Waals surface area contributed by atoms with Crippen LogP contribution in [0, 0.1) is 34.5 Å². The van der Waals surface area contributed by atoms with Gasteiger partial charge in [-0.2, -0.15) is 0 Å². The standard InChI is InChI=1S/C47H73NO11/c1-7-8-9-10-11-12-13-14-15-16-17-18-22-25-34(50)59-47-35-31(27-45(53,42(57-6)40(47)51)41(35)58-43(52)30-23-20-19-21-24-30)46-33(55-4)26-32(49)44(29-54-3)28-48(2)39(46)36(47)37(56-5)38(44)46/h19-21,23-24,31-33,35-42,49,51,53H,7-18,22,25-29H2,1-6H3/t31-,32-,33?,35-,36+,37+,38-,39-,40?,41-,42+,44+,45+,46+,47-/m1/s1. The van der Waals surface area contributed by atoms with Crippen molar-refractivity contribution in [1.82, 2.24) is 4.90 Å². The molecule has 1 heterocycles. The molecule has 1 spiro atoms. The van der Waals surface area contributed by atoms with Crippen molar-refractivity contribution in [3.8, 4) is 0 Å². The number of aliphatic hydroxyl groups is 3. The van der Waals surface area contributed by atoms with Crippen molar-refractivity contribution in [2.75, 3.05) is 48.6 Å². The third kappa shape index (κ3) is 7.02. The van der Waals surface area contributed by atoms with Crippen LogP contribution in [-0.2, 0) is 33.2 Å². The Bertz CT molecular complexity index is 1580. The van der Waals surface area contributed by atoms with Gasteiger partial charge in [0, 0.05) is 82.5 Å². The third-order valence-electron chi connectivity index (χ3n) is 16.3. The molecule has 3 N–H and O–H groups in total. The molecular weight excluding hydrogens is 755 g/mol. The number of rotatable bonds is 22. The van der Waals surface area contributed by atoms with Gasteiger partial charge in [0.2, 0.25) is 0 Å². The molecule has 1 saturated heterocycles. The molecule has 5 aliphatic carbocycles. The van der Waals surface area contributed by atoms with Crippen molar-refractivity contribution in [2.45, 2.75) is 164 Å². The van der Waals surface area contributed by atoms with Gasteiger partial charge in [-0.15, -0.1) is 0 Å². The Morgan fingerprint density at radius 3 is 2.02 bits per heavy atom. The van der Waals surface area contributed by atoms with Crippen molar-refractivity contribution in [3.05, 3.63) is 35.9 Å². The van der Waals surface area contributed by atoms with Crippen LogP contribution < -0.4 is 0 Å². The maximum absolute atomic E-state index is 14.5. The van der Waals surface area contributed by atoms with Gasteiger partial charge >= 0.3 is 11.9 Å². The maximum Gasteiger partial charge on any atom is 0.338 e. The highest BCUT2D eigenvalue weighted by molar-refractivity contribution is 5.89. The fourth-order valence-electron chi connectivity index (χ4n) is 14.5. The molecule has 7 rings (SSSR count). The van der Waals surface area contributed by atoms with Crippen LogP contribution in [0.25, 0.3) is 0 Å². The largest absolute Gasteiger partial charge is 0.455 e. The summed E-state index contributed by atoms with van der Waals surface area (Å²) in [5.74, 6) is -3.48. The fourth-order valence-corrected chi connectivity index (χ4v) is 14.5. The van der Waals surface area contributed by atoms with E-state index >= 15 is 0 Å². The van der Waals surface area contributed by atoms with Crippen LogP contribution in [0.15, 0.2) is 30.3 Å². The molecule has 1 aliphatic heterocycles. The van der Waals surface area contributed by atoms with E-state index < -0.39 is 88.3 Å². The Morgan fingerprint density at radius 2 is 1.44 bits per heavy atom. The fraction of sp³-hybridized carbons (Fsp3) is 0.830. The first kappa shape index (κ1) is 44.9. The number of nitrogens with zero attached hydrogens (tertiary/aromatic N) is 1. The lowest BCUT2D eigenvalue weighted by atomic mass is 9.42. The number of piperidine rings is 1. The average Bonchev–Trinajstić information content (AvgIpc) is 3.62. The number of likely N-dealkylation sites (tertiary alicyclic amines) is 1. The van der Waals surface area contributed by atoms with Crippen LogP contribution in [0.3, 0.4) is 0 Å². The Morgan fingerprint density at radius 1 is 0.814 bits per heavy atom. The quantitative estimate of drug-likeness (QED) is 0.0969. The Kier molecular flexibility index (Phi) is 13.9. The van der Waals surface area contributed by atoms with E-state index in [-0.39, 0.29) is 31.4 Å². The second-order valence-electron chi connectivity index (χ2n) is 19.1. The summed E-state index contributed by atoms with van der Waals surface area (Å²) in [5.41, 5.74) is -4.82. The number of hydrogen-bond acceptors (Lipinski definition) is 12. The van der Waals surface area contributed by atoms with Gasteiger partial charge in [-0.25, -0.2) is 4.79 Å². The minimum atomic E-state index is -1.84. The normalized spacial score (nSPS) is 41.5. The van der Waals surface area contributed by atoms with Gasteiger partial charge in [0.05, 0.1) is 30.5 Å². The number of carbonyl (C=O) groups is 2. The molecule has 59 heavy (non-hydrogen) atoms. The molecule has 1 aromatic carbocycles. The lowest BCUT2D eigenvalue weighted by Crippen LogP contribution is -2.81. The third-order valence-corrected chi connectivity index (χ3v) is 16.3. The van der Waals surface area contributed by atoms with Gasteiger partial charge < -0.3 is 48.6 Å². The van der Waals surface area contributed by atoms with Crippen LogP contribution in [0.4, 0.5) is 0 Å². The molecule has 12 nitrogen and oxygen atoms in total. The molecule has 332 valence electrons. The highest BCUT2D eigenvalue weighted by Gasteiger charge is 2.92. The van der Waals surface area contributed by atoms with E-state index in [4.69, 9.17) is 28.4 Å². The first-order valence-electron chi connectivity index (χ1n) is 22.8. The van der Waals surface area contributed by atoms with Crippen LogP contribution in [0.2, 0.25) is 0 Å². The van der Waals surface area contributed by atoms with Gasteiger partial charge in [-0.1, -0.05) is 102 Å². The summed E-state index contributed by atoms with van der Waals surface area (Å²) in [5, 5.41) is 38.1. The lowest BCUT2D eigenvalue weighted by Gasteiger charge is -2.70. The Labute approximate surface area is 352 Å². The molecule has 15 atom stereocenters. The van der Waals surface area contributed by atoms with Gasteiger partial charge in [-0.3, -0.25) is 4.79 Å². The zero-order valence-corrected chi connectivity index (χ0v) is 36.5. The smallest absolute Gasteiger partial charge is 0.338 e. The van der Waals surface area contributed by atoms with Crippen LogP contribution >= 0.6 is 0 Å². The van der Waals surface area contributed by atoms with Crippen molar-refractivity contribution >= 4 is 11.9 Å². The second-order valence-corrected chi connectivity index (χ2v) is 19.1. The van der Waals surface area contributed by atoms with Gasteiger partial charge in [0.25, 0.3) is 0 Å². The van der Waals surface area contributed by atoms with E-state index in [0.29, 0.717) is 24.9 Å². The van der Waals surface area contributed by atoms with E-state index in [9.17, 15) is 24.9 Å². The predicted molar refractivity (Wildman–Crippen MR) is 220 cm³/mol. The number of hydrogen-bond donors (Lipinski definition) is 3. The molecule has 12 heteroatoms. The number of ether oxygens (including phenoxy) is 6. The Balaban J connectivity index is 1.21. The topological polar surface area (TPSA) is 153 Å². The minimum Gasteiger partial charge on any atom is -0.455 e. The van der Waals surface area contributed by atoms with E-state index in [1.54, 1.807) is 45.6 Å². The predicted octanol–water partition coefficient (Wildman–Crippen LogP) is 5.72. The van der Waals surface area contributed by atoms with Gasteiger partial charge in [0.1, 0.15) is 23.9 Å². The van der Waals surface area contributed by atoms with Crippen molar-refractivity contribution < 1.29 is 53.3 Å². The van der Waals surface area contributed by atoms with Crippen molar-refractivity contribution in [3.63, 3.8) is 0 Å². The molecule has 0 amide bonds. The molecule has 1 aromatic rings. The summed E-state index contributed by atoms with van der Waals surface area (Å²) < 4.78 is 38.5. The summed E-state index contributed by atoms with van der Waals surface area (Å²) in [4.78, 5) is 30.8. The summed E-state index contributed by atoms with van der Waals surface area (Å²) in [6, 6.07) is 8.29. The molecule has 5 saturated carbocycles. The van der Waals surface area contributed by atoms with Crippen LogP contribution in [-0.4, -0.2) is 135 Å². The second kappa shape index (κ2) is 18.3. The number of aliphatic hydroxyl groups excluding tert-OH is 2. The van der Waals surface area contributed by atoms with Crippen molar-refractivity contribution in [1.29, 1.82) is 0 Å². The number of benzene rings is 1. The highest BCUT2D eigenvalue weighted by atomic mass is 16.6. The maximum atomic E-state index is 14.5. The van der Waals surface area contributed by atoms with Gasteiger partial charge in [0.15, 0.2) is 5.60 Å². The monoisotopic (exact) mass is 828 g/mol. The highest BCUT2D eigenvalue weighted by Crippen LogP contribution is 2.80. The molecule has 2 unspecified atom stereocenters. The number of unbranched alkanes of at least 4 members (excludes halogenated alkanes) is 12. The number of fused-ring (bicyclic) bond motifs is 2. The van der Waals surface area contributed by atoms with E-state index in [0.717, 1.165) is 19.3 Å². The Hall–Kier alpha value is -2.16. The zero-order chi connectivity index (χ0) is 42.2. The summed E-state index contributed by atoms with van der Waals surface area (Å²) in [6.07, 6.45) is 9.99. The molecule has 0 radical (unpaired) electrons. The van der Waals surface area contributed by atoms with E-state index in [1.165, 1.54) is 64.9 Å². The SMILES string of the molecule is CCCCCCCCCCCCCCCC(=O)O[C@]12C(O)[C@H](OC)[C@]3(O)C[C@H]([C@@H]1[C@H]3OC(=O)c1ccccc1)[C@@]13C(OC)C[C@@H](O)[C@@]4(COC)CN(C)[C@@H]1[C@@H]2[C@H](OC)[C@H]43. The molecule has 0 aromatic heterocycles.